The predicted molar refractivity (Wildman–Crippen MR) is 102 cm³/mol. The van der Waals surface area contributed by atoms with Gasteiger partial charge in [0.05, 0.1) is 11.8 Å². The third-order valence-electron chi connectivity index (χ3n) is 4.45. The van der Waals surface area contributed by atoms with Crippen molar-refractivity contribution < 1.29 is 14.7 Å². The fraction of sp³-hybridized carbons (Fsp3) is 0.526. The van der Waals surface area contributed by atoms with Crippen molar-refractivity contribution in [1.82, 2.24) is 15.5 Å². The lowest BCUT2D eigenvalue weighted by Gasteiger charge is -2.37. The number of aromatic hydroxyl groups is 1. The number of carbonyl (C=O) groups excluding carboxylic acids is 2. The zero-order chi connectivity index (χ0) is 19.8. The molecule has 0 spiro atoms. The molecule has 0 radical (unpaired) electrons. The Balaban J connectivity index is 1.92. The molecule has 1 aromatic rings. The number of nitrogens with zero attached hydrogens (tertiary/aromatic N) is 3. The zero-order valence-electron chi connectivity index (χ0n) is 15.8. The van der Waals surface area contributed by atoms with E-state index in [9.17, 15) is 14.7 Å². The van der Waals surface area contributed by atoms with Crippen LogP contribution in [-0.4, -0.2) is 60.7 Å². The molecular formula is C19H27N5O3. The minimum absolute atomic E-state index is 0.0808. The van der Waals surface area contributed by atoms with Crippen LogP contribution >= 0.6 is 0 Å². The van der Waals surface area contributed by atoms with Crippen molar-refractivity contribution in [1.29, 1.82) is 5.26 Å². The lowest BCUT2D eigenvalue weighted by atomic mass is 10.0. The highest BCUT2D eigenvalue weighted by Crippen LogP contribution is 2.27. The Bertz CT molecular complexity index is 693. The van der Waals surface area contributed by atoms with Crippen LogP contribution in [0.5, 0.6) is 5.75 Å². The normalized spacial score (nSPS) is 15.2. The molecule has 1 fully saturated rings. The van der Waals surface area contributed by atoms with E-state index in [1.54, 1.807) is 17.0 Å². The summed E-state index contributed by atoms with van der Waals surface area (Å²) in [6.07, 6.45) is 0.501. The molecule has 0 saturated carbocycles. The molecule has 27 heavy (non-hydrogen) atoms. The molecular weight excluding hydrogens is 346 g/mol. The lowest BCUT2D eigenvalue weighted by Crippen LogP contribution is -2.56. The number of nitriles is 1. The third-order valence-corrected chi connectivity index (χ3v) is 4.45. The number of piperazine rings is 1. The highest BCUT2D eigenvalue weighted by Gasteiger charge is 2.27. The van der Waals surface area contributed by atoms with Gasteiger partial charge in [0.15, 0.2) is 0 Å². The fourth-order valence-electron chi connectivity index (χ4n) is 3.08. The molecule has 146 valence electrons. The summed E-state index contributed by atoms with van der Waals surface area (Å²) < 4.78 is 0. The molecule has 0 bridgehead atoms. The second kappa shape index (κ2) is 9.67. The molecule has 1 aliphatic rings. The predicted octanol–water partition coefficient (Wildman–Crippen LogP) is 1.28. The van der Waals surface area contributed by atoms with E-state index >= 15 is 0 Å². The molecule has 8 heteroatoms. The van der Waals surface area contributed by atoms with Gasteiger partial charge in [-0.1, -0.05) is 26.0 Å². The Kier molecular flexibility index (Phi) is 7.29. The second-order valence-corrected chi connectivity index (χ2v) is 6.97. The summed E-state index contributed by atoms with van der Waals surface area (Å²) in [5.74, 6) is 0.106. The molecule has 0 unspecified atom stereocenters. The summed E-state index contributed by atoms with van der Waals surface area (Å²) in [5, 5.41) is 23.9. The van der Waals surface area contributed by atoms with Crippen LogP contribution in [0.3, 0.4) is 0 Å². The van der Waals surface area contributed by atoms with Crippen molar-refractivity contribution in [3.8, 4) is 11.8 Å². The number of hydrogen-bond acceptors (Lipinski definition) is 5. The first-order valence-corrected chi connectivity index (χ1v) is 9.15. The maximum atomic E-state index is 12.6. The number of phenols is 1. The smallest absolute Gasteiger partial charge is 0.318 e. The lowest BCUT2D eigenvalue weighted by molar-refractivity contribution is -0.123. The van der Waals surface area contributed by atoms with Crippen LogP contribution in [0.25, 0.3) is 0 Å². The molecule has 0 aromatic heterocycles. The molecule has 1 atom stereocenters. The molecule has 1 aliphatic heterocycles. The Labute approximate surface area is 159 Å². The van der Waals surface area contributed by atoms with E-state index in [-0.39, 0.29) is 30.2 Å². The van der Waals surface area contributed by atoms with Gasteiger partial charge in [0.1, 0.15) is 18.3 Å². The van der Waals surface area contributed by atoms with Crippen molar-refractivity contribution in [2.24, 2.45) is 5.92 Å². The molecule has 2 rings (SSSR count). The molecule has 3 N–H and O–H groups in total. The molecule has 1 saturated heterocycles. The number of hydrogen-bond donors (Lipinski definition) is 3. The van der Waals surface area contributed by atoms with E-state index in [0.717, 1.165) is 5.69 Å². The molecule has 0 aliphatic carbocycles. The minimum atomic E-state index is -0.665. The van der Waals surface area contributed by atoms with Crippen molar-refractivity contribution >= 4 is 17.6 Å². The Morgan fingerprint density at radius 3 is 2.48 bits per heavy atom. The number of amides is 3. The largest absolute Gasteiger partial charge is 0.506 e. The van der Waals surface area contributed by atoms with Gasteiger partial charge >= 0.3 is 6.03 Å². The third kappa shape index (κ3) is 5.78. The van der Waals surface area contributed by atoms with Crippen molar-refractivity contribution in [3.05, 3.63) is 24.3 Å². The first-order valence-electron chi connectivity index (χ1n) is 9.15. The van der Waals surface area contributed by atoms with Crippen LogP contribution in [-0.2, 0) is 4.79 Å². The number of rotatable bonds is 6. The van der Waals surface area contributed by atoms with Gasteiger partial charge in [-0.25, -0.2) is 4.79 Å². The van der Waals surface area contributed by atoms with Crippen molar-refractivity contribution in [2.45, 2.75) is 26.3 Å². The number of para-hydroxylation sites is 2. The Morgan fingerprint density at radius 2 is 1.89 bits per heavy atom. The summed E-state index contributed by atoms with van der Waals surface area (Å²) in [6.45, 7) is 6.05. The van der Waals surface area contributed by atoms with Gasteiger partial charge in [-0.3, -0.25) is 4.79 Å². The first kappa shape index (κ1) is 20.4. The summed E-state index contributed by atoms with van der Waals surface area (Å²) in [4.78, 5) is 28.5. The minimum Gasteiger partial charge on any atom is -0.506 e. The van der Waals surface area contributed by atoms with Crippen LogP contribution in [0.2, 0.25) is 0 Å². The second-order valence-electron chi connectivity index (χ2n) is 6.97. The fourth-order valence-corrected chi connectivity index (χ4v) is 3.08. The average Bonchev–Trinajstić information content (AvgIpc) is 2.65. The Morgan fingerprint density at radius 1 is 1.22 bits per heavy atom. The van der Waals surface area contributed by atoms with E-state index in [1.807, 2.05) is 36.9 Å². The monoisotopic (exact) mass is 373 g/mol. The van der Waals surface area contributed by atoms with Gasteiger partial charge in [0.2, 0.25) is 5.91 Å². The number of nitrogens with one attached hydrogen (secondary N) is 2. The van der Waals surface area contributed by atoms with Crippen molar-refractivity contribution in [3.63, 3.8) is 0 Å². The van der Waals surface area contributed by atoms with Gasteiger partial charge < -0.3 is 25.5 Å². The van der Waals surface area contributed by atoms with Crippen LogP contribution < -0.4 is 15.5 Å². The average molecular weight is 373 g/mol. The van der Waals surface area contributed by atoms with E-state index in [2.05, 4.69) is 10.6 Å². The van der Waals surface area contributed by atoms with Crippen LogP contribution in [0.4, 0.5) is 10.5 Å². The highest BCUT2D eigenvalue weighted by atomic mass is 16.3. The van der Waals surface area contributed by atoms with E-state index in [4.69, 9.17) is 5.26 Å². The number of benzene rings is 1. The van der Waals surface area contributed by atoms with Gasteiger partial charge in [0, 0.05) is 26.2 Å². The maximum absolute atomic E-state index is 12.6. The van der Waals surface area contributed by atoms with E-state index < -0.39 is 6.04 Å². The van der Waals surface area contributed by atoms with Gasteiger partial charge in [0.25, 0.3) is 0 Å². The maximum Gasteiger partial charge on any atom is 0.318 e. The van der Waals surface area contributed by atoms with Crippen molar-refractivity contribution in [2.75, 3.05) is 37.6 Å². The van der Waals surface area contributed by atoms with Crippen LogP contribution in [0.1, 0.15) is 20.3 Å². The first-order chi connectivity index (χ1) is 12.9. The van der Waals surface area contributed by atoms with E-state index in [1.165, 1.54) is 0 Å². The number of phenolic OH excluding ortho intramolecular Hbond substituents is 1. The number of urea groups is 1. The number of anilines is 1. The summed E-state index contributed by atoms with van der Waals surface area (Å²) >= 11 is 0. The quantitative estimate of drug-likeness (QED) is 0.651. The zero-order valence-corrected chi connectivity index (χ0v) is 15.8. The molecule has 3 amide bonds. The highest BCUT2D eigenvalue weighted by molar-refractivity contribution is 5.87. The van der Waals surface area contributed by atoms with Gasteiger partial charge in [-0.15, -0.1) is 0 Å². The van der Waals surface area contributed by atoms with Crippen LogP contribution in [0, 0.1) is 17.2 Å². The van der Waals surface area contributed by atoms with Crippen LogP contribution in [0.15, 0.2) is 24.3 Å². The molecule has 8 nitrogen and oxygen atoms in total. The topological polar surface area (TPSA) is 109 Å². The SMILES string of the molecule is CC(C)C[C@H](NC(=O)N1CCN(c2ccccc2O)CC1)C(=O)NCC#N. The van der Waals surface area contributed by atoms with Gasteiger partial charge in [-0.2, -0.15) is 5.26 Å². The van der Waals surface area contributed by atoms with E-state index in [0.29, 0.717) is 32.6 Å². The summed E-state index contributed by atoms with van der Waals surface area (Å²) in [7, 11) is 0. The number of carbonyl (C=O) groups is 2. The molecule has 1 aromatic carbocycles. The standard InChI is InChI=1S/C19H27N5O3/c1-14(2)13-15(18(26)21-8-7-20)22-19(27)24-11-9-23(10-12-24)16-5-3-4-6-17(16)25/h3-6,14-15,25H,8-13H2,1-2H3,(H,21,26)(H,22,27)/t15-/m0/s1. The Hall–Kier alpha value is -2.95. The summed E-state index contributed by atoms with van der Waals surface area (Å²) in [5.41, 5.74) is 0.756. The summed E-state index contributed by atoms with van der Waals surface area (Å²) in [6, 6.07) is 8.05. The van der Waals surface area contributed by atoms with Gasteiger partial charge in [-0.05, 0) is 24.5 Å². The molecule has 1 heterocycles.